The molecule has 0 aliphatic heterocycles. The van der Waals surface area contributed by atoms with Crippen LogP contribution < -0.4 is 10.5 Å². The molecular weight excluding hydrogens is 253 g/mol. The van der Waals surface area contributed by atoms with Gasteiger partial charge in [-0.05, 0) is 49.1 Å². The Labute approximate surface area is 119 Å². The van der Waals surface area contributed by atoms with Gasteiger partial charge in [0.15, 0.2) is 0 Å². The number of halogens is 1. The van der Waals surface area contributed by atoms with Crippen LogP contribution in [0.15, 0.2) is 48.5 Å². The molecule has 2 rings (SSSR count). The predicted molar refractivity (Wildman–Crippen MR) is 79.4 cm³/mol. The lowest BCUT2D eigenvalue weighted by atomic mass is 10.0. The summed E-state index contributed by atoms with van der Waals surface area (Å²) in [6.07, 6.45) is 1.23. The van der Waals surface area contributed by atoms with Gasteiger partial charge in [0.2, 0.25) is 0 Å². The Morgan fingerprint density at radius 1 is 1.15 bits per heavy atom. The Balaban J connectivity index is 1.78. The molecule has 2 N–H and O–H groups in total. The third-order valence-corrected chi connectivity index (χ3v) is 3.19. The molecule has 0 spiro atoms. The van der Waals surface area contributed by atoms with E-state index in [0.29, 0.717) is 25.0 Å². The number of ether oxygens (including phenoxy) is 1. The first-order valence-corrected chi connectivity index (χ1v) is 6.83. The zero-order valence-corrected chi connectivity index (χ0v) is 11.7. The van der Waals surface area contributed by atoms with E-state index in [9.17, 15) is 4.39 Å². The summed E-state index contributed by atoms with van der Waals surface area (Å²) in [5.41, 5.74) is 7.85. The van der Waals surface area contributed by atoms with Crippen LogP contribution in [0.2, 0.25) is 0 Å². The second-order valence-electron chi connectivity index (χ2n) is 5.01. The van der Waals surface area contributed by atoms with E-state index in [1.807, 2.05) is 37.3 Å². The van der Waals surface area contributed by atoms with Gasteiger partial charge >= 0.3 is 0 Å². The summed E-state index contributed by atoms with van der Waals surface area (Å²) in [4.78, 5) is 0. The van der Waals surface area contributed by atoms with E-state index in [1.165, 1.54) is 6.07 Å². The highest BCUT2D eigenvalue weighted by atomic mass is 19.1. The highest BCUT2D eigenvalue weighted by Gasteiger charge is 2.08. The number of aryl methyl sites for hydroxylation is 1. The van der Waals surface area contributed by atoms with E-state index < -0.39 is 0 Å². The fourth-order valence-electron chi connectivity index (χ4n) is 2.08. The average molecular weight is 273 g/mol. The van der Waals surface area contributed by atoms with Crippen LogP contribution in [0, 0.1) is 12.7 Å². The monoisotopic (exact) mass is 273 g/mol. The Kier molecular flexibility index (Phi) is 5.13. The van der Waals surface area contributed by atoms with Crippen molar-refractivity contribution in [3.05, 3.63) is 65.5 Å². The zero-order valence-electron chi connectivity index (χ0n) is 11.7. The van der Waals surface area contributed by atoms with Gasteiger partial charge in [-0.2, -0.15) is 0 Å². The molecule has 1 unspecified atom stereocenters. The van der Waals surface area contributed by atoms with Gasteiger partial charge in [0, 0.05) is 6.04 Å². The Hall–Kier alpha value is -1.87. The summed E-state index contributed by atoms with van der Waals surface area (Å²) >= 11 is 0. The molecule has 0 aromatic heterocycles. The van der Waals surface area contributed by atoms with Crippen molar-refractivity contribution >= 4 is 0 Å². The number of hydrogen-bond acceptors (Lipinski definition) is 2. The molecule has 0 heterocycles. The van der Waals surface area contributed by atoms with Crippen molar-refractivity contribution in [2.45, 2.75) is 25.8 Å². The molecule has 20 heavy (non-hydrogen) atoms. The predicted octanol–water partition coefficient (Wildman–Crippen LogP) is 3.47. The first kappa shape index (κ1) is 14.5. The lowest BCUT2D eigenvalue weighted by molar-refractivity contribution is 0.296. The largest absolute Gasteiger partial charge is 0.494 e. The summed E-state index contributed by atoms with van der Waals surface area (Å²) in [6.45, 7) is 2.57. The molecule has 1 atom stereocenters. The van der Waals surface area contributed by atoms with Crippen molar-refractivity contribution in [3.8, 4) is 5.75 Å². The molecule has 0 fully saturated rings. The SMILES string of the molecule is Cc1cccc(OCCC(N)Cc2ccccc2F)c1. The normalized spacial score (nSPS) is 12.2. The molecule has 2 nitrogen and oxygen atoms in total. The lowest BCUT2D eigenvalue weighted by Crippen LogP contribution is -2.25. The quantitative estimate of drug-likeness (QED) is 0.874. The molecule has 0 aliphatic rings. The highest BCUT2D eigenvalue weighted by Crippen LogP contribution is 2.14. The fourth-order valence-corrected chi connectivity index (χ4v) is 2.08. The van der Waals surface area contributed by atoms with Gasteiger partial charge < -0.3 is 10.5 Å². The molecule has 0 saturated carbocycles. The summed E-state index contributed by atoms with van der Waals surface area (Å²) in [7, 11) is 0. The third kappa shape index (κ3) is 4.35. The minimum absolute atomic E-state index is 0.100. The summed E-state index contributed by atoms with van der Waals surface area (Å²) in [5, 5.41) is 0. The standard InChI is InChI=1S/C17H20FNO/c1-13-5-4-7-16(11-13)20-10-9-15(19)12-14-6-2-3-8-17(14)18/h2-8,11,15H,9-10,12,19H2,1H3. The van der Waals surface area contributed by atoms with Crippen LogP contribution in [0.25, 0.3) is 0 Å². The molecule has 0 bridgehead atoms. The molecular formula is C17H20FNO. The molecule has 3 heteroatoms. The third-order valence-electron chi connectivity index (χ3n) is 3.19. The van der Waals surface area contributed by atoms with E-state index in [-0.39, 0.29) is 11.9 Å². The number of nitrogens with two attached hydrogens (primary N) is 1. The summed E-state index contributed by atoms with van der Waals surface area (Å²) < 4.78 is 19.1. The van der Waals surface area contributed by atoms with Crippen LogP contribution in [0.1, 0.15) is 17.5 Å². The number of rotatable bonds is 6. The van der Waals surface area contributed by atoms with Gasteiger partial charge in [-0.15, -0.1) is 0 Å². The van der Waals surface area contributed by atoms with Crippen molar-refractivity contribution in [1.29, 1.82) is 0 Å². The van der Waals surface area contributed by atoms with Gasteiger partial charge in [-0.1, -0.05) is 30.3 Å². The van der Waals surface area contributed by atoms with Gasteiger partial charge in [0.05, 0.1) is 6.61 Å². The molecule has 2 aromatic rings. The molecule has 0 amide bonds. The minimum atomic E-state index is -0.192. The van der Waals surface area contributed by atoms with Crippen LogP contribution >= 0.6 is 0 Å². The molecule has 2 aromatic carbocycles. The number of benzene rings is 2. The van der Waals surface area contributed by atoms with Crippen LogP contribution in [-0.4, -0.2) is 12.6 Å². The van der Waals surface area contributed by atoms with Crippen molar-refractivity contribution in [2.75, 3.05) is 6.61 Å². The second kappa shape index (κ2) is 7.06. The van der Waals surface area contributed by atoms with Gasteiger partial charge in [0.1, 0.15) is 11.6 Å². The average Bonchev–Trinajstić information content (AvgIpc) is 2.41. The maximum absolute atomic E-state index is 13.5. The van der Waals surface area contributed by atoms with Crippen molar-refractivity contribution in [1.82, 2.24) is 0 Å². The second-order valence-corrected chi connectivity index (χ2v) is 5.01. The van der Waals surface area contributed by atoms with E-state index in [2.05, 4.69) is 0 Å². The van der Waals surface area contributed by atoms with E-state index in [0.717, 1.165) is 11.3 Å². The van der Waals surface area contributed by atoms with E-state index in [1.54, 1.807) is 12.1 Å². The topological polar surface area (TPSA) is 35.2 Å². The Bertz CT molecular complexity index is 556. The number of hydrogen-bond donors (Lipinski definition) is 1. The molecule has 106 valence electrons. The molecule has 0 saturated heterocycles. The highest BCUT2D eigenvalue weighted by molar-refractivity contribution is 5.27. The fraction of sp³-hybridized carbons (Fsp3) is 0.294. The Morgan fingerprint density at radius 3 is 2.70 bits per heavy atom. The van der Waals surface area contributed by atoms with E-state index >= 15 is 0 Å². The van der Waals surface area contributed by atoms with Crippen molar-refractivity contribution in [2.24, 2.45) is 5.73 Å². The minimum Gasteiger partial charge on any atom is -0.494 e. The molecule has 0 aliphatic carbocycles. The van der Waals surface area contributed by atoms with Gasteiger partial charge in [-0.3, -0.25) is 0 Å². The van der Waals surface area contributed by atoms with Crippen LogP contribution in [0.5, 0.6) is 5.75 Å². The van der Waals surface area contributed by atoms with Crippen LogP contribution in [0.4, 0.5) is 4.39 Å². The zero-order chi connectivity index (χ0) is 14.4. The van der Waals surface area contributed by atoms with Crippen molar-refractivity contribution < 1.29 is 9.13 Å². The van der Waals surface area contributed by atoms with Gasteiger partial charge in [-0.25, -0.2) is 4.39 Å². The van der Waals surface area contributed by atoms with Gasteiger partial charge in [0.25, 0.3) is 0 Å². The van der Waals surface area contributed by atoms with Crippen LogP contribution in [0.3, 0.4) is 0 Å². The molecule has 0 radical (unpaired) electrons. The Morgan fingerprint density at radius 2 is 1.95 bits per heavy atom. The van der Waals surface area contributed by atoms with Crippen LogP contribution in [-0.2, 0) is 6.42 Å². The van der Waals surface area contributed by atoms with E-state index in [4.69, 9.17) is 10.5 Å². The summed E-state index contributed by atoms with van der Waals surface area (Å²) in [6, 6.07) is 14.6. The summed E-state index contributed by atoms with van der Waals surface area (Å²) in [5.74, 6) is 0.658. The lowest BCUT2D eigenvalue weighted by Gasteiger charge is -2.13. The smallest absolute Gasteiger partial charge is 0.126 e. The van der Waals surface area contributed by atoms with Crippen molar-refractivity contribution in [3.63, 3.8) is 0 Å². The first-order chi connectivity index (χ1) is 9.65. The maximum atomic E-state index is 13.5. The first-order valence-electron chi connectivity index (χ1n) is 6.83. The maximum Gasteiger partial charge on any atom is 0.126 e.